The van der Waals surface area contributed by atoms with E-state index in [2.05, 4.69) is 30.3 Å². The number of nitrogens with two attached hydrogens (primary N) is 1. The lowest BCUT2D eigenvalue weighted by atomic mass is 9.37. The molecule has 6 rings (SSSR count). The fraction of sp³-hybridized carbons (Fsp3) is 0.741. The van der Waals surface area contributed by atoms with Crippen LogP contribution in [0.25, 0.3) is 0 Å². The van der Waals surface area contributed by atoms with Crippen LogP contribution in [0.2, 0.25) is 0 Å². The Kier molecular flexibility index (Phi) is 5.32. The van der Waals surface area contributed by atoms with Gasteiger partial charge < -0.3 is 5.73 Å². The van der Waals surface area contributed by atoms with Crippen molar-refractivity contribution in [1.82, 2.24) is 0 Å². The van der Waals surface area contributed by atoms with Crippen LogP contribution < -0.4 is 5.73 Å². The van der Waals surface area contributed by atoms with Crippen molar-refractivity contribution in [1.29, 1.82) is 0 Å². The van der Waals surface area contributed by atoms with Gasteiger partial charge >= 0.3 is 0 Å². The van der Waals surface area contributed by atoms with E-state index in [9.17, 15) is 9.18 Å². The summed E-state index contributed by atoms with van der Waals surface area (Å²) in [4.78, 5) is 13.9. The van der Waals surface area contributed by atoms with Crippen molar-refractivity contribution >= 4 is 5.78 Å². The lowest BCUT2D eigenvalue weighted by Gasteiger charge is -2.66. The Hall–Kier alpha value is -1.22. The van der Waals surface area contributed by atoms with Crippen LogP contribution in [-0.4, -0.2) is 19.0 Å². The van der Waals surface area contributed by atoms with E-state index in [4.69, 9.17) is 5.73 Å². The van der Waals surface area contributed by atoms with Crippen molar-refractivity contribution in [2.75, 3.05) is 13.2 Å². The predicted octanol–water partition coefficient (Wildman–Crippen LogP) is 5.98. The Morgan fingerprint density at radius 1 is 0.967 bits per heavy atom. The Morgan fingerprint density at radius 2 is 1.70 bits per heavy atom. The second kappa shape index (κ2) is 7.73. The summed E-state index contributed by atoms with van der Waals surface area (Å²) in [5.41, 5.74) is 7.19. The summed E-state index contributed by atoms with van der Waals surface area (Å²) in [6.45, 7) is 0.544. The first kappa shape index (κ1) is 20.7. The van der Waals surface area contributed by atoms with Gasteiger partial charge in [0, 0.05) is 11.8 Å². The third kappa shape index (κ3) is 3.45. The van der Waals surface area contributed by atoms with E-state index in [1.165, 1.54) is 24.8 Å². The largest absolute Gasteiger partial charge is 0.330 e. The lowest BCUT2D eigenvalue weighted by molar-refractivity contribution is -0.163. The van der Waals surface area contributed by atoms with Gasteiger partial charge in [-0.2, -0.15) is 0 Å². The molecule has 5 fully saturated rings. The minimum absolute atomic E-state index is 0.0386. The van der Waals surface area contributed by atoms with Gasteiger partial charge in [0.15, 0.2) is 0 Å². The molecule has 30 heavy (non-hydrogen) atoms. The number of carbonyl (C=O) groups excluding carboxylic acids is 1. The molecule has 164 valence electrons. The van der Waals surface area contributed by atoms with E-state index in [1.807, 2.05) is 0 Å². The zero-order valence-electron chi connectivity index (χ0n) is 18.4. The van der Waals surface area contributed by atoms with Gasteiger partial charge in [-0.1, -0.05) is 30.3 Å². The van der Waals surface area contributed by atoms with Gasteiger partial charge in [0.05, 0.1) is 6.67 Å². The van der Waals surface area contributed by atoms with E-state index in [-0.39, 0.29) is 22.9 Å². The first-order valence-corrected chi connectivity index (χ1v) is 12.4. The molecule has 0 aromatic heterocycles. The highest BCUT2D eigenvalue weighted by molar-refractivity contribution is 5.86. The minimum Gasteiger partial charge on any atom is -0.330 e. The maximum atomic E-state index is 13.9. The van der Waals surface area contributed by atoms with Gasteiger partial charge in [0.2, 0.25) is 0 Å². The zero-order valence-corrected chi connectivity index (χ0v) is 18.4. The van der Waals surface area contributed by atoms with Gasteiger partial charge in [-0.3, -0.25) is 9.18 Å². The molecule has 0 spiro atoms. The Balaban J connectivity index is 1.42. The van der Waals surface area contributed by atoms with Gasteiger partial charge in [-0.25, -0.2) is 0 Å². The van der Waals surface area contributed by atoms with Crippen LogP contribution in [-0.2, 0) is 10.2 Å². The van der Waals surface area contributed by atoms with Gasteiger partial charge in [-0.05, 0) is 111 Å². The number of Topliss-reactive ketones (excluding diaryl/α,β-unsaturated/α-hetero) is 1. The molecule has 3 heteroatoms. The van der Waals surface area contributed by atoms with E-state index in [1.54, 1.807) is 0 Å². The fourth-order valence-corrected chi connectivity index (χ4v) is 8.69. The standard InChI is InChI=1S/C27H38FNO/c28-11-10-25-13-22-14-26(17-25,23-4-2-1-3-5-23)19-27(15-22,18-25)24(30)12-20-6-8-21(16-29)9-7-20/h1-5,20-22H,6-19,29H2/t20?,21?,22?,25-,26-,27?/m1/s1. The highest BCUT2D eigenvalue weighted by atomic mass is 19.1. The van der Waals surface area contributed by atoms with E-state index < -0.39 is 0 Å². The Labute approximate surface area is 181 Å². The SMILES string of the molecule is NCC1CCC(CC(=O)C23CC4C[C@@](CCF)(C2)C[C@](c2ccccc2)(C4)C3)CC1. The lowest BCUT2D eigenvalue weighted by Crippen LogP contribution is -2.61. The summed E-state index contributed by atoms with van der Waals surface area (Å²) >= 11 is 0. The number of alkyl halides is 1. The highest BCUT2D eigenvalue weighted by Gasteiger charge is 2.65. The highest BCUT2D eigenvalue weighted by Crippen LogP contribution is 2.71. The molecule has 0 heterocycles. The fourth-order valence-electron chi connectivity index (χ4n) is 8.69. The molecule has 5 saturated carbocycles. The van der Waals surface area contributed by atoms with Crippen molar-refractivity contribution < 1.29 is 9.18 Å². The molecule has 2 unspecified atom stereocenters. The average Bonchev–Trinajstić information content (AvgIpc) is 2.74. The predicted molar refractivity (Wildman–Crippen MR) is 119 cm³/mol. The number of ketones is 1. The monoisotopic (exact) mass is 411 g/mol. The smallest absolute Gasteiger partial charge is 0.139 e. The van der Waals surface area contributed by atoms with Gasteiger partial charge in [0.25, 0.3) is 0 Å². The number of halogens is 1. The maximum absolute atomic E-state index is 13.9. The molecule has 0 aliphatic heterocycles. The molecular weight excluding hydrogens is 373 g/mol. The Bertz CT molecular complexity index is 772. The zero-order chi connectivity index (χ0) is 20.8. The molecule has 1 aromatic carbocycles. The number of benzene rings is 1. The Morgan fingerprint density at radius 3 is 2.40 bits per heavy atom. The van der Waals surface area contributed by atoms with Crippen molar-refractivity contribution in [3.05, 3.63) is 35.9 Å². The molecule has 5 aliphatic carbocycles. The molecule has 5 aliphatic rings. The van der Waals surface area contributed by atoms with E-state index in [0.29, 0.717) is 30.0 Å². The average molecular weight is 412 g/mol. The van der Waals surface area contributed by atoms with Gasteiger partial charge in [0.1, 0.15) is 5.78 Å². The van der Waals surface area contributed by atoms with Crippen LogP contribution in [0, 0.1) is 28.6 Å². The minimum atomic E-state index is -0.245. The topological polar surface area (TPSA) is 43.1 Å². The van der Waals surface area contributed by atoms with Crippen molar-refractivity contribution in [3.8, 4) is 0 Å². The van der Waals surface area contributed by atoms with E-state index >= 15 is 0 Å². The van der Waals surface area contributed by atoms with Crippen LogP contribution >= 0.6 is 0 Å². The van der Waals surface area contributed by atoms with Crippen LogP contribution in [0.3, 0.4) is 0 Å². The number of rotatable bonds is 7. The third-order valence-corrected chi connectivity index (χ3v) is 9.56. The molecule has 0 saturated heterocycles. The molecule has 4 atom stereocenters. The molecule has 2 N–H and O–H groups in total. The van der Waals surface area contributed by atoms with Crippen molar-refractivity contribution in [2.45, 2.75) is 82.5 Å². The van der Waals surface area contributed by atoms with Crippen LogP contribution in [0.5, 0.6) is 0 Å². The summed E-state index contributed by atoms with van der Waals surface area (Å²) in [5, 5.41) is 0. The van der Waals surface area contributed by atoms with Crippen LogP contribution in [0.1, 0.15) is 82.6 Å². The third-order valence-electron chi connectivity index (χ3n) is 9.56. The first-order chi connectivity index (χ1) is 14.5. The van der Waals surface area contributed by atoms with Crippen molar-refractivity contribution in [2.24, 2.45) is 34.3 Å². The van der Waals surface area contributed by atoms with Crippen molar-refractivity contribution in [3.63, 3.8) is 0 Å². The number of hydrogen-bond acceptors (Lipinski definition) is 2. The molecule has 2 nitrogen and oxygen atoms in total. The first-order valence-electron chi connectivity index (χ1n) is 12.4. The second-order valence-electron chi connectivity index (χ2n) is 11.6. The summed E-state index contributed by atoms with van der Waals surface area (Å²) in [5.74, 6) is 2.31. The molecule has 4 bridgehead atoms. The summed E-state index contributed by atoms with van der Waals surface area (Å²) < 4.78 is 13.7. The van der Waals surface area contributed by atoms with Crippen LogP contribution in [0.15, 0.2) is 30.3 Å². The molecule has 1 aromatic rings. The molecule has 0 amide bonds. The van der Waals surface area contributed by atoms with Gasteiger partial charge in [-0.15, -0.1) is 0 Å². The van der Waals surface area contributed by atoms with E-state index in [0.717, 1.165) is 57.9 Å². The quantitative estimate of drug-likeness (QED) is 0.600. The number of carbonyl (C=O) groups is 1. The maximum Gasteiger partial charge on any atom is 0.139 e. The second-order valence-corrected chi connectivity index (χ2v) is 11.6. The summed E-state index contributed by atoms with van der Waals surface area (Å²) in [7, 11) is 0. The normalized spacial score (nSPS) is 42.4. The van der Waals surface area contributed by atoms with Crippen LogP contribution in [0.4, 0.5) is 4.39 Å². The molecular formula is C27H38FNO. The molecule has 0 radical (unpaired) electrons. The summed E-state index contributed by atoms with van der Waals surface area (Å²) in [6, 6.07) is 10.9. The number of hydrogen-bond donors (Lipinski definition) is 1. The summed E-state index contributed by atoms with van der Waals surface area (Å²) in [6.07, 6.45) is 12.5.